The molecule has 1 amide bonds. The average molecular weight is 382 g/mol. The molecule has 0 heterocycles. The second kappa shape index (κ2) is 8.65. The van der Waals surface area contributed by atoms with Crippen molar-refractivity contribution in [3.63, 3.8) is 0 Å². The molecule has 5 nitrogen and oxygen atoms in total. The molecule has 7 heteroatoms. The maximum Gasteiger partial charge on any atom is 0.248 e. The highest BCUT2D eigenvalue weighted by atomic mass is 35.5. The maximum atomic E-state index is 12.1. The fourth-order valence-electron chi connectivity index (χ4n) is 2.14. The van der Waals surface area contributed by atoms with Gasteiger partial charge in [0.1, 0.15) is 0 Å². The monoisotopic (exact) mass is 381 g/mol. The van der Waals surface area contributed by atoms with Crippen LogP contribution in [0.4, 0.5) is 5.69 Å². The molecule has 1 N–H and O–H groups in total. The molecule has 0 saturated heterocycles. The minimum absolute atomic E-state index is 0.349. The number of nitrogens with one attached hydrogen (secondary N) is 1. The fraction of sp³-hybridized carbons (Fsp3) is 0.167. The molecule has 2 rings (SSSR count). The number of benzene rings is 2. The lowest BCUT2D eigenvalue weighted by Crippen LogP contribution is -2.08. The van der Waals surface area contributed by atoms with Gasteiger partial charge in [0.05, 0.1) is 32.0 Å². The van der Waals surface area contributed by atoms with Crippen LogP contribution in [0.2, 0.25) is 10.0 Å². The first kappa shape index (κ1) is 19.0. The molecule has 0 unspecified atom stereocenters. The van der Waals surface area contributed by atoms with E-state index in [9.17, 15) is 4.79 Å². The predicted octanol–water partition coefficient (Wildman–Crippen LogP) is 4.67. The van der Waals surface area contributed by atoms with Crippen LogP contribution in [-0.2, 0) is 4.79 Å². The van der Waals surface area contributed by atoms with Gasteiger partial charge >= 0.3 is 0 Å². The number of ether oxygens (including phenoxy) is 3. The van der Waals surface area contributed by atoms with Crippen molar-refractivity contribution in [3.05, 3.63) is 52.0 Å². The molecule has 25 heavy (non-hydrogen) atoms. The Bertz CT molecular complexity index is 781. The number of methoxy groups -OCH3 is 3. The van der Waals surface area contributed by atoms with Gasteiger partial charge in [-0.05, 0) is 42.0 Å². The minimum Gasteiger partial charge on any atom is -0.493 e. The van der Waals surface area contributed by atoms with E-state index < -0.39 is 0 Å². The first-order valence-electron chi connectivity index (χ1n) is 7.22. The molecule has 2 aromatic carbocycles. The van der Waals surface area contributed by atoms with E-state index in [0.717, 1.165) is 0 Å². The number of halogens is 2. The number of rotatable bonds is 6. The zero-order chi connectivity index (χ0) is 18.4. The van der Waals surface area contributed by atoms with Crippen LogP contribution in [0.25, 0.3) is 6.08 Å². The highest BCUT2D eigenvalue weighted by Crippen LogP contribution is 2.38. The molecule has 132 valence electrons. The summed E-state index contributed by atoms with van der Waals surface area (Å²) < 4.78 is 15.8. The second-order valence-electron chi connectivity index (χ2n) is 4.91. The Kier molecular flexibility index (Phi) is 6.56. The third-order valence-electron chi connectivity index (χ3n) is 3.30. The van der Waals surface area contributed by atoms with E-state index >= 15 is 0 Å². The zero-order valence-corrected chi connectivity index (χ0v) is 15.4. The van der Waals surface area contributed by atoms with E-state index in [1.54, 1.807) is 36.4 Å². The van der Waals surface area contributed by atoms with Crippen molar-refractivity contribution in [2.75, 3.05) is 26.6 Å². The minimum atomic E-state index is -0.349. The molecule has 0 atom stereocenters. The number of hydrogen-bond donors (Lipinski definition) is 1. The first-order chi connectivity index (χ1) is 12.0. The topological polar surface area (TPSA) is 56.8 Å². The Labute approximate surface area is 156 Å². The summed E-state index contributed by atoms with van der Waals surface area (Å²) in [6.45, 7) is 0. The number of anilines is 1. The van der Waals surface area contributed by atoms with Crippen molar-refractivity contribution >= 4 is 40.9 Å². The number of carbonyl (C=O) groups excluding carboxylic acids is 1. The highest BCUT2D eigenvalue weighted by molar-refractivity contribution is 6.35. The zero-order valence-electron chi connectivity index (χ0n) is 13.9. The van der Waals surface area contributed by atoms with Gasteiger partial charge in [-0.2, -0.15) is 0 Å². The summed E-state index contributed by atoms with van der Waals surface area (Å²) in [5.41, 5.74) is 1.15. The Balaban J connectivity index is 2.20. The molecular formula is C18H17Cl2NO4. The molecule has 0 radical (unpaired) electrons. The molecule has 0 aromatic heterocycles. The Hall–Kier alpha value is -2.37. The van der Waals surface area contributed by atoms with Gasteiger partial charge in [0, 0.05) is 11.1 Å². The van der Waals surface area contributed by atoms with Crippen molar-refractivity contribution in [1.29, 1.82) is 0 Å². The molecular weight excluding hydrogens is 365 g/mol. The van der Waals surface area contributed by atoms with Crippen LogP contribution in [0, 0.1) is 0 Å². The van der Waals surface area contributed by atoms with Gasteiger partial charge in [-0.3, -0.25) is 4.79 Å². The predicted molar refractivity (Wildman–Crippen MR) is 100 cm³/mol. The normalized spacial score (nSPS) is 10.6. The highest BCUT2D eigenvalue weighted by Gasteiger charge is 2.12. The third-order valence-corrected chi connectivity index (χ3v) is 3.87. The number of carbonyl (C=O) groups is 1. The smallest absolute Gasteiger partial charge is 0.248 e. The number of hydrogen-bond acceptors (Lipinski definition) is 4. The van der Waals surface area contributed by atoms with Crippen LogP contribution in [0.1, 0.15) is 5.56 Å². The van der Waals surface area contributed by atoms with E-state index in [1.165, 1.54) is 27.4 Å². The summed E-state index contributed by atoms with van der Waals surface area (Å²) in [6, 6.07) is 8.30. The molecule has 0 fully saturated rings. The summed E-state index contributed by atoms with van der Waals surface area (Å²) >= 11 is 11.9. The van der Waals surface area contributed by atoms with E-state index in [2.05, 4.69) is 5.32 Å². The van der Waals surface area contributed by atoms with Crippen LogP contribution >= 0.6 is 23.2 Å². The van der Waals surface area contributed by atoms with Crippen molar-refractivity contribution in [3.8, 4) is 17.2 Å². The SMILES string of the molecule is COc1cc(/C=C/C(=O)Nc2cc(Cl)ccc2Cl)cc(OC)c1OC. The maximum absolute atomic E-state index is 12.1. The largest absolute Gasteiger partial charge is 0.493 e. The molecule has 0 aliphatic heterocycles. The van der Waals surface area contributed by atoms with Gasteiger partial charge in [-0.15, -0.1) is 0 Å². The summed E-state index contributed by atoms with van der Waals surface area (Å²) in [7, 11) is 4.58. The summed E-state index contributed by atoms with van der Waals surface area (Å²) in [5, 5.41) is 3.55. The van der Waals surface area contributed by atoms with Gasteiger partial charge in [0.25, 0.3) is 0 Å². The van der Waals surface area contributed by atoms with Gasteiger partial charge in [0.15, 0.2) is 11.5 Å². The number of amides is 1. The standard InChI is InChI=1S/C18H17Cl2NO4/c1-23-15-8-11(9-16(24-2)18(15)25-3)4-7-17(22)21-14-10-12(19)5-6-13(14)20/h4-10H,1-3H3,(H,21,22)/b7-4+. The lowest BCUT2D eigenvalue weighted by Gasteiger charge is -2.12. The van der Waals surface area contributed by atoms with Crippen LogP contribution < -0.4 is 19.5 Å². The van der Waals surface area contributed by atoms with E-state index in [-0.39, 0.29) is 5.91 Å². The van der Waals surface area contributed by atoms with E-state index in [1.807, 2.05) is 0 Å². The van der Waals surface area contributed by atoms with Crippen LogP contribution in [0.3, 0.4) is 0 Å². The van der Waals surface area contributed by atoms with Crippen molar-refractivity contribution < 1.29 is 19.0 Å². The average Bonchev–Trinajstić information content (AvgIpc) is 2.61. The molecule has 0 spiro atoms. The lowest BCUT2D eigenvalue weighted by molar-refractivity contribution is -0.111. The quantitative estimate of drug-likeness (QED) is 0.738. The van der Waals surface area contributed by atoms with E-state index in [4.69, 9.17) is 37.4 Å². The Morgan fingerprint density at radius 1 is 1.00 bits per heavy atom. The first-order valence-corrected chi connectivity index (χ1v) is 7.98. The third kappa shape index (κ3) is 4.81. The Morgan fingerprint density at radius 3 is 2.20 bits per heavy atom. The van der Waals surface area contributed by atoms with Gasteiger partial charge in [0.2, 0.25) is 11.7 Å². The van der Waals surface area contributed by atoms with Gasteiger partial charge < -0.3 is 19.5 Å². The Morgan fingerprint density at radius 2 is 1.64 bits per heavy atom. The molecule has 2 aromatic rings. The summed E-state index contributed by atoms with van der Waals surface area (Å²) in [4.78, 5) is 12.1. The second-order valence-corrected chi connectivity index (χ2v) is 5.75. The molecule has 0 saturated carbocycles. The fourth-order valence-corrected chi connectivity index (χ4v) is 2.47. The summed E-state index contributed by atoms with van der Waals surface area (Å²) in [6.07, 6.45) is 3.00. The molecule has 0 bridgehead atoms. The lowest BCUT2D eigenvalue weighted by atomic mass is 10.1. The van der Waals surface area contributed by atoms with Gasteiger partial charge in [-0.1, -0.05) is 23.2 Å². The van der Waals surface area contributed by atoms with Crippen molar-refractivity contribution in [1.82, 2.24) is 0 Å². The van der Waals surface area contributed by atoms with E-state index in [0.29, 0.717) is 38.5 Å². The van der Waals surface area contributed by atoms with Gasteiger partial charge in [-0.25, -0.2) is 0 Å². The summed E-state index contributed by atoms with van der Waals surface area (Å²) in [5.74, 6) is 1.13. The van der Waals surface area contributed by atoms with Crippen molar-refractivity contribution in [2.45, 2.75) is 0 Å². The van der Waals surface area contributed by atoms with Crippen LogP contribution in [0.5, 0.6) is 17.2 Å². The molecule has 0 aliphatic carbocycles. The van der Waals surface area contributed by atoms with Crippen LogP contribution in [-0.4, -0.2) is 27.2 Å². The van der Waals surface area contributed by atoms with Crippen molar-refractivity contribution in [2.24, 2.45) is 0 Å². The molecule has 0 aliphatic rings. The van der Waals surface area contributed by atoms with Crippen LogP contribution in [0.15, 0.2) is 36.4 Å².